The highest BCUT2D eigenvalue weighted by molar-refractivity contribution is 7.59. The molecule has 0 N–H and O–H groups in total. The predicted molar refractivity (Wildman–Crippen MR) is 108 cm³/mol. The zero-order chi connectivity index (χ0) is 16.9. The molecule has 0 saturated carbocycles. The lowest BCUT2D eigenvalue weighted by Crippen LogP contribution is -2.06. The van der Waals surface area contributed by atoms with Crippen LogP contribution in [0, 0.1) is 6.92 Å². The summed E-state index contributed by atoms with van der Waals surface area (Å²) in [5, 5.41) is 0. The van der Waals surface area contributed by atoms with Crippen molar-refractivity contribution in [2.24, 2.45) is 0 Å². The summed E-state index contributed by atoms with van der Waals surface area (Å²) >= 11 is 0. The minimum Gasteiger partial charge on any atom is -0.422 e. The van der Waals surface area contributed by atoms with E-state index in [0.29, 0.717) is 5.75 Å². The monoisotopic (exact) mass is 348 g/mol. The van der Waals surface area contributed by atoms with E-state index in [4.69, 9.17) is 4.74 Å². The average Bonchev–Trinajstić information content (AvgIpc) is 2.64. The van der Waals surface area contributed by atoms with Crippen LogP contribution in [-0.2, 0) is 4.79 Å². The first-order valence-electron chi connectivity index (χ1n) is 7.79. The van der Waals surface area contributed by atoms with Crippen molar-refractivity contribution in [1.82, 2.24) is 0 Å². The first-order valence-corrected chi connectivity index (χ1v) is 7.79. The predicted octanol–water partition coefficient (Wildman–Crippen LogP) is 5.53. The molecule has 0 unspecified atom stereocenters. The Morgan fingerprint density at radius 1 is 0.880 bits per heavy atom. The maximum absolute atomic E-state index is 11.8. The van der Waals surface area contributed by atoms with E-state index in [-0.39, 0.29) is 13.5 Å². The van der Waals surface area contributed by atoms with Crippen LogP contribution in [-0.4, -0.2) is 5.97 Å². The number of benzene rings is 3. The largest absolute Gasteiger partial charge is 0.422 e. The lowest BCUT2D eigenvalue weighted by atomic mass is 9.92. The first kappa shape index (κ1) is 18.6. The Morgan fingerprint density at radius 2 is 1.44 bits per heavy atom. The molecule has 0 atom stereocenters. The van der Waals surface area contributed by atoms with E-state index >= 15 is 0 Å². The molecule has 0 saturated heterocycles. The van der Waals surface area contributed by atoms with E-state index in [1.165, 1.54) is 6.08 Å². The Hall–Kier alpha value is -2.78. The Balaban J connectivity index is 0.00000225. The summed E-state index contributed by atoms with van der Waals surface area (Å²) in [7, 11) is 0. The number of hydrogen-bond acceptors (Lipinski definition) is 2. The van der Waals surface area contributed by atoms with Gasteiger partial charge in [-0.05, 0) is 29.2 Å². The summed E-state index contributed by atoms with van der Waals surface area (Å²) in [6.07, 6.45) is 1.18. The SMILES string of the molecule is C=CC(=O)Oc1c(C)ccc(-c2ccccc2)c1-c1ccccc1.S. The van der Waals surface area contributed by atoms with Crippen molar-refractivity contribution in [1.29, 1.82) is 0 Å². The molecule has 0 heterocycles. The summed E-state index contributed by atoms with van der Waals surface area (Å²) in [5.74, 6) is 0.118. The molecule has 0 aromatic heterocycles. The normalized spacial score (nSPS) is 9.80. The second kappa shape index (κ2) is 8.36. The molecule has 25 heavy (non-hydrogen) atoms. The third kappa shape index (κ3) is 4.01. The second-order valence-electron chi connectivity index (χ2n) is 5.49. The summed E-state index contributed by atoms with van der Waals surface area (Å²) in [4.78, 5) is 11.8. The van der Waals surface area contributed by atoms with Crippen molar-refractivity contribution in [2.45, 2.75) is 6.92 Å². The van der Waals surface area contributed by atoms with Gasteiger partial charge < -0.3 is 4.74 Å². The van der Waals surface area contributed by atoms with E-state index in [0.717, 1.165) is 27.8 Å². The molecule has 0 aliphatic carbocycles. The van der Waals surface area contributed by atoms with Crippen LogP contribution in [0.2, 0.25) is 0 Å². The summed E-state index contributed by atoms with van der Waals surface area (Å²) in [6, 6.07) is 24.1. The number of hydrogen-bond donors (Lipinski definition) is 0. The highest BCUT2D eigenvalue weighted by Crippen LogP contribution is 2.41. The van der Waals surface area contributed by atoms with Crippen LogP contribution < -0.4 is 4.74 Å². The number of rotatable bonds is 4. The second-order valence-corrected chi connectivity index (χ2v) is 5.49. The van der Waals surface area contributed by atoms with Gasteiger partial charge in [-0.2, -0.15) is 13.5 Å². The molecule has 0 fully saturated rings. The van der Waals surface area contributed by atoms with Crippen molar-refractivity contribution in [3.8, 4) is 28.0 Å². The molecule has 3 aromatic rings. The van der Waals surface area contributed by atoms with Gasteiger partial charge in [-0.25, -0.2) is 4.79 Å². The van der Waals surface area contributed by atoms with Crippen molar-refractivity contribution in [3.63, 3.8) is 0 Å². The van der Waals surface area contributed by atoms with Gasteiger partial charge in [0.2, 0.25) is 0 Å². The van der Waals surface area contributed by atoms with Crippen LogP contribution in [0.25, 0.3) is 22.3 Å². The molecule has 3 heteroatoms. The van der Waals surface area contributed by atoms with Crippen LogP contribution in [0.3, 0.4) is 0 Å². The van der Waals surface area contributed by atoms with E-state index < -0.39 is 5.97 Å². The zero-order valence-electron chi connectivity index (χ0n) is 14.0. The molecule has 2 nitrogen and oxygen atoms in total. The number of ether oxygens (including phenoxy) is 1. The Kier molecular flexibility index (Phi) is 6.20. The Morgan fingerprint density at radius 3 is 2.00 bits per heavy atom. The Bertz CT molecular complexity index is 871. The number of esters is 1. The van der Waals surface area contributed by atoms with Gasteiger partial charge in [-0.1, -0.05) is 79.4 Å². The van der Waals surface area contributed by atoms with Crippen LogP contribution >= 0.6 is 13.5 Å². The van der Waals surface area contributed by atoms with Crippen molar-refractivity contribution in [2.75, 3.05) is 0 Å². The molecule has 126 valence electrons. The zero-order valence-corrected chi connectivity index (χ0v) is 15.0. The smallest absolute Gasteiger partial charge is 0.335 e. The quantitative estimate of drug-likeness (QED) is 0.352. The third-order valence-corrected chi connectivity index (χ3v) is 3.87. The van der Waals surface area contributed by atoms with Crippen molar-refractivity contribution < 1.29 is 9.53 Å². The van der Waals surface area contributed by atoms with E-state index in [1.807, 2.05) is 61.5 Å². The van der Waals surface area contributed by atoms with E-state index in [9.17, 15) is 4.79 Å². The van der Waals surface area contributed by atoms with Crippen LogP contribution in [0.4, 0.5) is 0 Å². The van der Waals surface area contributed by atoms with Gasteiger partial charge in [-0.15, -0.1) is 0 Å². The standard InChI is InChI=1S/C22H18O2.H2S/c1-3-20(23)24-22-16(2)14-15-19(17-10-6-4-7-11-17)21(22)18-12-8-5-9-13-18;/h3-15H,1H2,2H3;1H2. The van der Waals surface area contributed by atoms with Gasteiger partial charge in [0, 0.05) is 11.6 Å². The molecule has 3 aromatic carbocycles. The third-order valence-electron chi connectivity index (χ3n) is 3.87. The Labute approximate surface area is 155 Å². The molecule has 0 amide bonds. The molecule has 0 radical (unpaired) electrons. The van der Waals surface area contributed by atoms with Crippen LogP contribution in [0.5, 0.6) is 5.75 Å². The van der Waals surface area contributed by atoms with Gasteiger partial charge in [0.05, 0.1) is 0 Å². The van der Waals surface area contributed by atoms with Gasteiger partial charge >= 0.3 is 5.97 Å². The van der Waals surface area contributed by atoms with Crippen LogP contribution in [0.15, 0.2) is 85.5 Å². The maximum Gasteiger partial charge on any atom is 0.335 e. The summed E-state index contributed by atoms with van der Waals surface area (Å²) < 4.78 is 5.59. The number of aryl methyl sites for hydroxylation is 1. The maximum atomic E-state index is 11.8. The van der Waals surface area contributed by atoms with Gasteiger partial charge in [0.25, 0.3) is 0 Å². The molecule has 3 rings (SSSR count). The lowest BCUT2D eigenvalue weighted by Gasteiger charge is -2.17. The van der Waals surface area contributed by atoms with Crippen LogP contribution in [0.1, 0.15) is 5.56 Å². The number of carbonyl (C=O) groups excluding carboxylic acids is 1. The van der Waals surface area contributed by atoms with Gasteiger partial charge in [0.15, 0.2) is 0 Å². The highest BCUT2D eigenvalue weighted by Gasteiger charge is 2.17. The summed E-state index contributed by atoms with van der Waals surface area (Å²) in [6.45, 7) is 5.43. The fourth-order valence-electron chi connectivity index (χ4n) is 2.71. The molecular weight excluding hydrogens is 328 g/mol. The van der Waals surface area contributed by atoms with Gasteiger partial charge in [-0.3, -0.25) is 0 Å². The fourth-order valence-corrected chi connectivity index (χ4v) is 2.71. The van der Waals surface area contributed by atoms with Crippen molar-refractivity contribution >= 4 is 19.5 Å². The van der Waals surface area contributed by atoms with Crippen molar-refractivity contribution in [3.05, 3.63) is 91.0 Å². The molecule has 0 spiro atoms. The topological polar surface area (TPSA) is 26.3 Å². The molecular formula is C22H20O2S. The molecule has 0 aliphatic rings. The number of carbonyl (C=O) groups is 1. The van der Waals surface area contributed by atoms with E-state index in [1.54, 1.807) is 0 Å². The highest BCUT2D eigenvalue weighted by atomic mass is 32.1. The fraction of sp³-hybridized carbons (Fsp3) is 0.0455. The molecule has 0 bridgehead atoms. The minimum atomic E-state index is -0.458. The summed E-state index contributed by atoms with van der Waals surface area (Å²) in [5.41, 5.74) is 4.93. The first-order chi connectivity index (χ1) is 11.7. The van der Waals surface area contributed by atoms with E-state index in [2.05, 4.69) is 24.8 Å². The molecule has 0 aliphatic heterocycles. The average molecular weight is 348 g/mol. The lowest BCUT2D eigenvalue weighted by molar-refractivity contribution is -0.128. The van der Waals surface area contributed by atoms with Gasteiger partial charge in [0.1, 0.15) is 5.75 Å². The minimum absolute atomic E-state index is 0.